The van der Waals surface area contributed by atoms with Crippen molar-refractivity contribution in [2.45, 2.75) is 117 Å². The van der Waals surface area contributed by atoms with Gasteiger partial charge in [0.25, 0.3) is 0 Å². The fraction of sp³-hybridized carbons (Fsp3) is 0.692. The molecule has 0 bridgehead atoms. The molecule has 0 amide bonds. The zero-order valence-corrected chi connectivity index (χ0v) is 29.4. The smallest absolute Gasteiger partial charge is 0.0219 e. The van der Waals surface area contributed by atoms with Crippen molar-refractivity contribution >= 4 is 31.9 Å². The summed E-state index contributed by atoms with van der Waals surface area (Å²) in [5.74, 6) is 6.45. The van der Waals surface area contributed by atoms with Crippen LogP contribution in [0.25, 0.3) is 11.1 Å². The Morgan fingerprint density at radius 3 is 2.05 bits per heavy atom. The van der Waals surface area contributed by atoms with Crippen molar-refractivity contribution in [1.29, 1.82) is 0 Å². The van der Waals surface area contributed by atoms with Crippen molar-refractivity contribution in [3.8, 4) is 11.1 Å². The third-order valence-corrected chi connectivity index (χ3v) is 15.2. The first kappa shape index (κ1) is 29.1. The molecule has 4 fully saturated rings. The van der Waals surface area contributed by atoms with Crippen molar-refractivity contribution in [1.82, 2.24) is 0 Å². The maximum atomic E-state index is 3.86. The molecule has 0 aromatic heterocycles. The van der Waals surface area contributed by atoms with Crippen LogP contribution in [0, 0.1) is 52.3 Å². The normalized spacial score (nSPS) is 37.3. The van der Waals surface area contributed by atoms with Crippen LogP contribution >= 0.6 is 31.9 Å². The zero-order chi connectivity index (χ0) is 28.7. The molecule has 0 unspecified atom stereocenters. The summed E-state index contributed by atoms with van der Waals surface area (Å²) in [6.45, 7) is 12.9. The Balaban J connectivity index is 1.15. The summed E-state index contributed by atoms with van der Waals surface area (Å²) in [6.07, 6.45) is 17.3. The van der Waals surface area contributed by atoms with Gasteiger partial charge in [-0.15, -0.1) is 0 Å². The van der Waals surface area contributed by atoms with Gasteiger partial charge in [-0.05, 0) is 157 Å². The molecule has 8 atom stereocenters. The van der Waals surface area contributed by atoms with E-state index in [1.54, 1.807) is 11.1 Å². The number of rotatable bonds is 5. The Kier molecular flexibility index (Phi) is 7.46. The topological polar surface area (TPSA) is 0 Å². The first-order chi connectivity index (χ1) is 19.6. The van der Waals surface area contributed by atoms with Crippen LogP contribution in [0.1, 0.15) is 123 Å². The first-order valence-electron chi connectivity index (χ1n) is 17.2. The number of hydrogen-bond acceptors (Lipinski definition) is 0. The SMILES string of the molecule is CC(C)CCC[C@@H](C)[C@H]1CC[C@H]2[C@@H]3CC[C@H]4CC5(CC[C@]4(C)[C@H]3CC[C@]12C)c1cc(Br)ccc1-c1ccc(Br)cc15. The zero-order valence-electron chi connectivity index (χ0n) is 26.2. The highest BCUT2D eigenvalue weighted by Gasteiger charge is 2.62. The lowest BCUT2D eigenvalue weighted by molar-refractivity contribution is -0.121. The molecule has 0 aliphatic heterocycles. The molecule has 2 aromatic carbocycles. The molecule has 0 nitrogen and oxygen atoms in total. The van der Waals surface area contributed by atoms with Gasteiger partial charge in [0, 0.05) is 14.4 Å². The summed E-state index contributed by atoms with van der Waals surface area (Å²) in [5, 5.41) is 0. The summed E-state index contributed by atoms with van der Waals surface area (Å²) in [6, 6.07) is 14.2. The second kappa shape index (κ2) is 10.5. The minimum Gasteiger partial charge on any atom is -0.0628 e. The number of benzene rings is 2. The van der Waals surface area contributed by atoms with Gasteiger partial charge in [-0.25, -0.2) is 0 Å². The van der Waals surface area contributed by atoms with Gasteiger partial charge < -0.3 is 0 Å². The monoisotopic (exact) mass is 678 g/mol. The molecule has 2 aromatic rings. The lowest BCUT2D eigenvalue weighted by Gasteiger charge is -2.63. The third kappa shape index (κ3) is 4.44. The molecule has 0 N–H and O–H groups in total. The van der Waals surface area contributed by atoms with E-state index in [0.29, 0.717) is 10.8 Å². The molecule has 5 aliphatic carbocycles. The van der Waals surface area contributed by atoms with Gasteiger partial charge in [-0.2, -0.15) is 0 Å². The average Bonchev–Trinajstić information content (AvgIpc) is 3.41. The van der Waals surface area contributed by atoms with Crippen LogP contribution in [0.2, 0.25) is 0 Å². The maximum Gasteiger partial charge on any atom is 0.0219 e. The van der Waals surface area contributed by atoms with Gasteiger partial charge >= 0.3 is 0 Å². The summed E-state index contributed by atoms with van der Waals surface area (Å²) >= 11 is 7.71. The number of hydrogen-bond donors (Lipinski definition) is 0. The molecule has 7 rings (SSSR count). The number of fused-ring (bicyclic) bond motifs is 10. The fourth-order valence-corrected chi connectivity index (χ4v) is 12.9. The highest BCUT2D eigenvalue weighted by Crippen LogP contribution is 2.71. The standard InChI is InChI=1S/C39H52Br2/c1-24(2)7-6-8-25(3)32-15-16-33-31-12-9-26-23-39(20-19-37(26,4)34(31)17-18-38(32,33)5)35-21-27(40)10-13-29(35)30-14-11-28(41)22-36(30)39/h10-11,13-14,21-22,24-26,31-34H,6-9,12,15-20,23H2,1-5H3/t25-,26+,31+,32-,33+,34+,37+,38-/m1/s1. The Labute approximate surface area is 267 Å². The van der Waals surface area contributed by atoms with Crippen LogP contribution < -0.4 is 0 Å². The van der Waals surface area contributed by atoms with Crippen LogP contribution in [0.4, 0.5) is 0 Å². The van der Waals surface area contributed by atoms with E-state index in [1.165, 1.54) is 97.1 Å². The molecule has 222 valence electrons. The molecule has 4 saturated carbocycles. The van der Waals surface area contributed by atoms with Crippen LogP contribution in [-0.2, 0) is 5.41 Å². The van der Waals surface area contributed by atoms with Gasteiger partial charge in [-0.3, -0.25) is 0 Å². The van der Waals surface area contributed by atoms with Gasteiger partial charge in [0.1, 0.15) is 0 Å². The summed E-state index contributed by atoms with van der Waals surface area (Å²) in [4.78, 5) is 0. The van der Waals surface area contributed by atoms with E-state index in [2.05, 4.69) is 103 Å². The van der Waals surface area contributed by atoms with E-state index in [-0.39, 0.29) is 5.41 Å². The summed E-state index contributed by atoms with van der Waals surface area (Å²) < 4.78 is 2.47. The Morgan fingerprint density at radius 2 is 1.39 bits per heavy atom. The minimum atomic E-state index is 0.183. The highest BCUT2D eigenvalue weighted by atomic mass is 79.9. The highest BCUT2D eigenvalue weighted by molar-refractivity contribution is 9.10. The second-order valence-electron chi connectivity index (χ2n) is 16.4. The van der Waals surface area contributed by atoms with Crippen molar-refractivity contribution in [2.75, 3.05) is 0 Å². The molecule has 2 heteroatoms. The molecular formula is C39H52Br2. The van der Waals surface area contributed by atoms with Crippen molar-refractivity contribution < 1.29 is 0 Å². The average molecular weight is 681 g/mol. The third-order valence-electron chi connectivity index (χ3n) is 14.2. The molecule has 1 spiro atoms. The molecule has 0 heterocycles. The predicted octanol–water partition coefficient (Wildman–Crippen LogP) is 12.6. The van der Waals surface area contributed by atoms with E-state index < -0.39 is 0 Å². The lowest BCUT2D eigenvalue weighted by Crippen LogP contribution is -2.55. The van der Waals surface area contributed by atoms with Crippen molar-refractivity contribution in [2.24, 2.45) is 52.3 Å². The minimum absolute atomic E-state index is 0.183. The van der Waals surface area contributed by atoms with E-state index in [4.69, 9.17) is 0 Å². The van der Waals surface area contributed by atoms with Crippen LogP contribution in [0.3, 0.4) is 0 Å². The second-order valence-corrected chi connectivity index (χ2v) is 18.2. The fourth-order valence-electron chi connectivity index (χ4n) is 12.2. The van der Waals surface area contributed by atoms with E-state index >= 15 is 0 Å². The van der Waals surface area contributed by atoms with Gasteiger partial charge in [-0.1, -0.05) is 97.9 Å². The molecule has 41 heavy (non-hydrogen) atoms. The van der Waals surface area contributed by atoms with Crippen molar-refractivity contribution in [3.05, 3.63) is 56.5 Å². The Bertz CT molecular complexity index is 1260. The van der Waals surface area contributed by atoms with E-state index in [9.17, 15) is 0 Å². The lowest BCUT2D eigenvalue weighted by atomic mass is 9.42. The summed E-state index contributed by atoms with van der Waals surface area (Å²) in [5.41, 5.74) is 7.47. The van der Waals surface area contributed by atoms with Gasteiger partial charge in [0.05, 0.1) is 0 Å². The van der Waals surface area contributed by atoms with Crippen LogP contribution in [0.5, 0.6) is 0 Å². The van der Waals surface area contributed by atoms with Crippen molar-refractivity contribution in [3.63, 3.8) is 0 Å². The van der Waals surface area contributed by atoms with E-state index in [1.807, 2.05) is 0 Å². The molecular weight excluding hydrogens is 628 g/mol. The molecule has 0 radical (unpaired) electrons. The van der Waals surface area contributed by atoms with Crippen LogP contribution in [-0.4, -0.2) is 0 Å². The largest absolute Gasteiger partial charge is 0.0628 e. The quantitative estimate of drug-likeness (QED) is 0.295. The Morgan fingerprint density at radius 1 is 0.732 bits per heavy atom. The van der Waals surface area contributed by atoms with Gasteiger partial charge in [0.15, 0.2) is 0 Å². The summed E-state index contributed by atoms with van der Waals surface area (Å²) in [7, 11) is 0. The van der Waals surface area contributed by atoms with Gasteiger partial charge in [0.2, 0.25) is 0 Å². The van der Waals surface area contributed by atoms with Crippen LogP contribution in [0.15, 0.2) is 45.3 Å². The maximum absolute atomic E-state index is 3.86. The predicted molar refractivity (Wildman–Crippen MR) is 181 cm³/mol. The molecule has 5 aliphatic rings. The number of halogens is 2. The van der Waals surface area contributed by atoms with E-state index in [0.717, 1.165) is 41.4 Å². The molecule has 0 saturated heterocycles. The Hall–Kier alpha value is -0.600. The first-order valence-corrected chi connectivity index (χ1v) is 18.8.